The zero-order chi connectivity index (χ0) is 38.5. The molecule has 6 aliphatic rings. The summed E-state index contributed by atoms with van der Waals surface area (Å²) in [4.78, 5) is 0. The highest BCUT2D eigenvalue weighted by Crippen LogP contribution is 2.62. The molecule has 0 aromatic carbocycles. The summed E-state index contributed by atoms with van der Waals surface area (Å²) in [5.41, 5.74) is 1.32. The van der Waals surface area contributed by atoms with Crippen LogP contribution < -0.4 is 0 Å². The molecule has 1 heteroatoms. The molecule has 0 aliphatic heterocycles. The van der Waals surface area contributed by atoms with E-state index in [1.54, 1.807) is 0 Å². The van der Waals surface area contributed by atoms with E-state index in [1.807, 2.05) is 0 Å². The van der Waals surface area contributed by atoms with Gasteiger partial charge in [-0.25, -0.2) is 0 Å². The number of hydrogen-bond acceptors (Lipinski definition) is 1. The molecule has 1 nitrogen and oxygen atoms in total. The van der Waals surface area contributed by atoms with Crippen LogP contribution in [0.4, 0.5) is 0 Å². The van der Waals surface area contributed by atoms with E-state index in [9.17, 15) is 0 Å². The summed E-state index contributed by atoms with van der Waals surface area (Å²) in [6.45, 7) is 11.5. The first-order chi connectivity index (χ1) is 26.9. The molecule has 0 unspecified atom stereocenters. The van der Waals surface area contributed by atoms with Crippen LogP contribution in [0.3, 0.4) is 0 Å². The normalized spacial score (nSPS) is 35.9. The van der Waals surface area contributed by atoms with Crippen LogP contribution in [0.5, 0.6) is 0 Å². The van der Waals surface area contributed by atoms with Gasteiger partial charge in [-0.3, -0.25) is 0 Å². The van der Waals surface area contributed by atoms with Crippen molar-refractivity contribution in [2.24, 2.45) is 57.2 Å². The molecule has 0 aromatic heterocycles. The Labute approximate surface area is 342 Å². The molecule has 0 bridgehead atoms. The highest BCUT2D eigenvalue weighted by Gasteiger charge is 2.53. The lowest BCUT2D eigenvalue weighted by atomic mass is 9.49. The molecule has 0 spiro atoms. The Balaban J connectivity index is 0.970. The van der Waals surface area contributed by atoms with Crippen LogP contribution in [0.2, 0.25) is 0 Å². The highest BCUT2D eigenvalue weighted by molar-refractivity contribution is 5.27. The number of ether oxygens (including phenoxy) is 1. The van der Waals surface area contributed by atoms with E-state index in [0.717, 1.165) is 36.9 Å². The van der Waals surface area contributed by atoms with Gasteiger partial charge in [-0.05, 0) is 85.9 Å². The Morgan fingerprint density at radius 2 is 0.782 bits per heavy atom. The van der Waals surface area contributed by atoms with Gasteiger partial charge in [-0.1, -0.05) is 218 Å². The Kier molecular flexibility index (Phi) is 16.8. The number of allylic oxidation sites excluding steroid dienone is 4. The van der Waals surface area contributed by atoms with Crippen molar-refractivity contribution in [2.45, 2.75) is 220 Å². The molecule has 6 rings (SSSR count). The molecule has 6 aliphatic carbocycles. The van der Waals surface area contributed by atoms with E-state index in [-0.39, 0.29) is 10.8 Å². The van der Waals surface area contributed by atoms with Gasteiger partial charge in [0.25, 0.3) is 0 Å². The first-order valence-corrected chi connectivity index (χ1v) is 25.2. The van der Waals surface area contributed by atoms with Crippen molar-refractivity contribution in [3.63, 3.8) is 0 Å². The summed E-state index contributed by atoms with van der Waals surface area (Å²) in [5.74, 6) is 4.63. The van der Waals surface area contributed by atoms with Crippen molar-refractivity contribution in [1.29, 1.82) is 0 Å². The monoisotopic (exact) mass is 755 g/mol. The summed E-state index contributed by atoms with van der Waals surface area (Å²) >= 11 is 0. The van der Waals surface area contributed by atoms with Crippen LogP contribution in [-0.4, -0.2) is 13.2 Å². The lowest BCUT2D eigenvalue weighted by Gasteiger charge is -2.56. The van der Waals surface area contributed by atoms with Gasteiger partial charge in [0.15, 0.2) is 0 Å². The fourth-order valence-electron chi connectivity index (χ4n) is 14.0. The SMILES string of the molecule is CCCCCCCC1CCC(C2(C3(C)C=CC(COCC4C=CC(C)(C5(C6CCC(CCCCCCC)CC6)CCCCC5)C=C4)C=C3)CCCCC2)CC1. The first kappa shape index (κ1) is 43.5. The van der Waals surface area contributed by atoms with Gasteiger partial charge in [0.1, 0.15) is 0 Å². The van der Waals surface area contributed by atoms with Crippen LogP contribution in [0, 0.1) is 57.2 Å². The minimum Gasteiger partial charge on any atom is -0.380 e. The predicted octanol–water partition coefficient (Wildman–Crippen LogP) is 16.7. The van der Waals surface area contributed by atoms with E-state index >= 15 is 0 Å². The van der Waals surface area contributed by atoms with Gasteiger partial charge < -0.3 is 4.74 Å². The molecular formula is C54H90O. The zero-order valence-corrected chi connectivity index (χ0v) is 37.1. The summed E-state index contributed by atoms with van der Waals surface area (Å²) in [6, 6.07) is 0. The quantitative estimate of drug-likeness (QED) is 0.0888. The maximum Gasteiger partial charge on any atom is 0.0563 e. The molecule has 4 fully saturated rings. The van der Waals surface area contributed by atoms with Crippen molar-refractivity contribution >= 4 is 0 Å². The van der Waals surface area contributed by atoms with Gasteiger partial charge in [-0.2, -0.15) is 0 Å². The zero-order valence-electron chi connectivity index (χ0n) is 37.1. The van der Waals surface area contributed by atoms with Gasteiger partial charge in [-0.15, -0.1) is 0 Å². The largest absolute Gasteiger partial charge is 0.380 e. The minimum atomic E-state index is 0.198. The smallest absolute Gasteiger partial charge is 0.0563 e. The van der Waals surface area contributed by atoms with Crippen LogP contribution >= 0.6 is 0 Å². The Bertz CT molecular complexity index is 1080. The number of unbranched alkanes of at least 4 members (excludes halogenated alkanes) is 8. The Hall–Kier alpha value is -1.08. The Morgan fingerprint density at radius 1 is 0.436 bits per heavy atom. The van der Waals surface area contributed by atoms with Gasteiger partial charge in [0.2, 0.25) is 0 Å². The summed E-state index contributed by atoms with van der Waals surface area (Å²) in [5, 5.41) is 0. The third kappa shape index (κ3) is 10.8. The fourth-order valence-corrected chi connectivity index (χ4v) is 14.0. The summed E-state index contributed by atoms with van der Waals surface area (Å²) in [7, 11) is 0. The van der Waals surface area contributed by atoms with E-state index in [1.165, 1.54) is 193 Å². The summed E-state index contributed by atoms with van der Waals surface area (Å²) in [6.07, 6.45) is 64.5. The van der Waals surface area contributed by atoms with Crippen molar-refractivity contribution < 1.29 is 4.74 Å². The fraction of sp³-hybridized carbons (Fsp3) is 0.852. The second-order valence-corrected chi connectivity index (χ2v) is 21.1. The molecule has 55 heavy (non-hydrogen) atoms. The van der Waals surface area contributed by atoms with Crippen molar-refractivity contribution in [2.75, 3.05) is 13.2 Å². The molecule has 0 heterocycles. The van der Waals surface area contributed by atoms with Crippen molar-refractivity contribution in [1.82, 2.24) is 0 Å². The molecule has 4 saturated carbocycles. The van der Waals surface area contributed by atoms with Crippen LogP contribution in [0.15, 0.2) is 48.6 Å². The van der Waals surface area contributed by atoms with E-state index in [4.69, 9.17) is 4.74 Å². The van der Waals surface area contributed by atoms with Crippen LogP contribution in [0.25, 0.3) is 0 Å². The third-order valence-electron chi connectivity index (χ3n) is 17.7. The van der Waals surface area contributed by atoms with E-state index in [2.05, 4.69) is 76.3 Å². The van der Waals surface area contributed by atoms with Crippen LogP contribution in [0.1, 0.15) is 220 Å². The second kappa shape index (κ2) is 21.3. The lowest BCUT2D eigenvalue weighted by Crippen LogP contribution is -2.47. The molecule has 0 aromatic rings. The average molecular weight is 755 g/mol. The maximum atomic E-state index is 6.55. The van der Waals surface area contributed by atoms with Crippen molar-refractivity contribution in [3.05, 3.63) is 48.6 Å². The second-order valence-electron chi connectivity index (χ2n) is 21.1. The molecule has 0 N–H and O–H groups in total. The molecule has 0 atom stereocenters. The molecule has 0 amide bonds. The first-order valence-electron chi connectivity index (χ1n) is 25.2. The van der Waals surface area contributed by atoms with E-state index in [0.29, 0.717) is 22.7 Å². The maximum absolute atomic E-state index is 6.55. The minimum absolute atomic E-state index is 0.198. The summed E-state index contributed by atoms with van der Waals surface area (Å²) < 4.78 is 6.55. The topological polar surface area (TPSA) is 9.23 Å². The highest BCUT2D eigenvalue weighted by atomic mass is 16.5. The lowest BCUT2D eigenvalue weighted by molar-refractivity contribution is -0.0161. The molecule has 0 saturated heterocycles. The average Bonchev–Trinajstić information content (AvgIpc) is 3.23. The van der Waals surface area contributed by atoms with Crippen LogP contribution in [-0.2, 0) is 4.74 Å². The predicted molar refractivity (Wildman–Crippen MR) is 239 cm³/mol. The number of rotatable bonds is 20. The molecule has 312 valence electrons. The van der Waals surface area contributed by atoms with Gasteiger partial charge in [0.05, 0.1) is 13.2 Å². The standard InChI is InChI=1S/C54H90O/c1-5-7-9-11-15-21-45-23-27-49(28-24-45)53(35-17-13-18-36-53)51(3)39-31-47(32-40-51)43-55-44-48-33-41-52(4,42-34-48)54(37-19-14-20-38-54)50-29-25-46(26-30-50)22-16-12-10-8-6-2/h31-34,39-42,45-50H,5-30,35-38,43-44H2,1-4H3. The molecular weight excluding hydrogens is 665 g/mol. The van der Waals surface area contributed by atoms with Gasteiger partial charge in [0, 0.05) is 22.7 Å². The Morgan fingerprint density at radius 3 is 1.13 bits per heavy atom. The number of hydrogen-bond donors (Lipinski definition) is 0. The van der Waals surface area contributed by atoms with E-state index < -0.39 is 0 Å². The van der Waals surface area contributed by atoms with Crippen molar-refractivity contribution in [3.8, 4) is 0 Å². The van der Waals surface area contributed by atoms with Gasteiger partial charge >= 0.3 is 0 Å². The molecule has 0 radical (unpaired) electrons. The third-order valence-corrected chi connectivity index (χ3v) is 17.7.